The number of hydrogen-bond acceptors (Lipinski definition) is 7. The van der Waals surface area contributed by atoms with Crippen LogP contribution in [0.4, 0.5) is 0 Å². The first-order valence-corrected chi connectivity index (χ1v) is 10.5. The van der Waals surface area contributed by atoms with Gasteiger partial charge < -0.3 is 4.74 Å². The van der Waals surface area contributed by atoms with Crippen LogP contribution >= 0.6 is 0 Å². The average Bonchev–Trinajstić information content (AvgIpc) is 2.75. The van der Waals surface area contributed by atoms with Crippen LogP contribution in [-0.4, -0.2) is 48.8 Å². The zero-order chi connectivity index (χ0) is 20.9. The first-order chi connectivity index (χ1) is 13.9. The number of ether oxygens (including phenoxy) is 1. The van der Waals surface area contributed by atoms with Gasteiger partial charge in [0.05, 0.1) is 17.5 Å². The highest BCUT2D eigenvalue weighted by atomic mass is 32.2. The van der Waals surface area contributed by atoms with E-state index >= 15 is 0 Å². The third-order valence-corrected chi connectivity index (χ3v) is 7.62. The number of carbonyl (C=O) groups excluding carboxylic acids is 1. The molecule has 1 amide bonds. The summed E-state index contributed by atoms with van der Waals surface area (Å²) in [6.07, 6.45) is -0.0443. The van der Waals surface area contributed by atoms with E-state index in [1.807, 2.05) is 24.3 Å². The van der Waals surface area contributed by atoms with E-state index in [2.05, 4.69) is 0 Å². The molecule has 0 aromatic heterocycles. The number of likely N-dealkylation sites (tertiary alicyclic amines) is 1. The van der Waals surface area contributed by atoms with E-state index in [-0.39, 0.29) is 37.4 Å². The Kier molecular flexibility index (Phi) is 6.17. The van der Waals surface area contributed by atoms with Gasteiger partial charge in [-0.05, 0) is 49.2 Å². The van der Waals surface area contributed by atoms with Gasteiger partial charge >= 0.3 is 0 Å². The minimum atomic E-state index is -4.10. The third kappa shape index (κ3) is 4.10. The molecule has 1 aliphatic heterocycles. The average molecular weight is 415 g/mol. The van der Waals surface area contributed by atoms with Crippen molar-refractivity contribution in [2.24, 2.45) is 0 Å². The number of benzene rings is 2. The molecule has 8 nitrogen and oxygen atoms in total. The number of hydroxylamine groups is 1. The smallest absolute Gasteiger partial charge is 0.265 e. The maximum absolute atomic E-state index is 13.3. The summed E-state index contributed by atoms with van der Waals surface area (Å²) in [7, 11) is -4.10. The van der Waals surface area contributed by atoms with E-state index in [0.717, 1.165) is 0 Å². The highest BCUT2D eigenvalue weighted by molar-refractivity contribution is 7.93. The number of amides is 1. The minimum Gasteiger partial charge on any atom is -0.457 e. The molecule has 152 valence electrons. The van der Waals surface area contributed by atoms with Crippen molar-refractivity contribution >= 4 is 15.7 Å². The maximum atomic E-state index is 13.3. The largest absolute Gasteiger partial charge is 0.457 e. The summed E-state index contributed by atoms with van der Waals surface area (Å²) >= 11 is 0. The fourth-order valence-electron chi connectivity index (χ4n) is 3.43. The highest BCUT2D eigenvalue weighted by Crippen LogP contribution is 2.36. The number of hydrogen-bond donors (Lipinski definition) is 2. The van der Waals surface area contributed by atoms with E-state index < -0.39 is 20.5 Å². The lowest BCUT2D eigenvalue weighted by molar-refractivity contribution is -0.133. The summed E-state index contributed by atoms with van der Waals surface area (Å²) < 4.78 is 30.6. The quantitative estimate of drug-likeness (QED) is 0.421. The molecule has 9 heteroatoms. The van der Waals surface area contributed by atoms with Gasteiger partial charge in [-0.25, -0.2) is 13.9 Å². The molecule has 0 aliphatic carbocycles. The number of nitrogens with one attached hydrogen (secondary N) is 1. The fraction of sp³-hybridized carbons (Fsp3) is 0.300. The van der Waals surface area contributed by atoms with Crippen molar-refractivity contribution in [3.05, 3.63) is 54.6 Å². The topological polar surface area (TPSA) is 120 Å². The van der Waals surface area contributed by atoms with Crippen molar-refractivity contribution in [2.75, 3.05) is 19.6 Å². The van der Waals surface area contributed by atoms with Gasteiger partial charge in [-0.2, -0.15) is 5.26 Å². The van der Waals surface area contributed by atoms with Crippen LogP contribution in [-0.2, 0) is 14.6 Å². The zero-order valence-corrected chi connectivity index (χ0v) is 16.4. The van der Waals surface area contributed by atoms with Crippen LogP contribution < -0.4 is 10.2 Å². The second-order valence-corrected chi connectivity index (χ2v) is 9.02. The van der Waals surface area contributed by atoms with E-state index in [1.165, 1.54) is 29.7 Å². The Hall–Kier alpha value is -2.93. The molecule has 0 atom stereocenters. The summed E-state index contributed by atoms with van der Waals surface area (Å²) in [6.45, 7) is 0.674. The Bertz CT molecular complexity index is 993. The Morgan fingerprint density at radius 2 is 1.69 bits per heavy atom. The Balaban J connectivity index is 1.87. The molecule has 0 saturated carbocycles. The van der Waals surface area contributed by atoms with Crippen molar-refractivity contribution < 1.29 is 23.2 Å². The van der Waals surface area contributed by atoms with Crippen molar-refractivity contribution in [3.8, 4) is 17.6 Å². The first kappa shape index (κ1) is 20.8. The SMILES string of the molecule is N#CCN1CCC(C(=O)NO)(S(=O)(=O)c2ccc(Oc3ccccc3)cc2)CC1. The number of nitrogens with zero attached hydrogens (tertiary/aromatic N) is 2. The minimum absolute atomic E-state index is 0.0221. The van der Waals surface area contributed by atoms with Crippen LogP contribution in [0, 0.1) is 11.3 Å². The second-order valence-electron chi connectivity index (χ2n) is 6.76. The molecular weight excluding hydrogens is 394 g/mol. The molecule has 2 aromatic carbocycles. The molecule has 2 N–H and O–H groups in total. The molecular formula is C20H21N3O5S. The molecule has 3 rings (SSSR count). The lowest BCUT2D eigenvalue weighted by atomic mass is 9.95. The van der Waals surface area contributed by atoms with Crippen LogP contribution in [0.25, 0.3) is 0 Å². The molecule has 0 spiro atoms. The number of rotatable bonds is 6. The van der Waals surface area contributed by atoms with Gasteiger partial charge in [0.25, 0.3) is 5.91 Å². The Labute approximate surface area is 169 Å². The van der Waals surface area contributed by atoms with Crippen molar-refractivity contribution in [3.63, 3.8) is 0 Å². The molecule has 29 heavy (non-hydrogen) atoms. The number of piperidine rings is 1. The fourth-order valence-corrected chi connectivity index (χ4v) is 5.38. The van der Waals surface area contributed by atoms with Gasteiger partial charge in [0.1, 0.15) is 11.5 Å². The van der Waals surface area contributed by atoms with Gasteiger partial charge in [0.15, 0.2) is 14.6 Å². The zero-order valence-electron chi connectivity index (χ0n) is 15.6. The highest BCUT2D eigenvalue weighted by Gasteiger charge is 2.52. The summed E-state index contributed by atoms with van der Waals surface area (Å²) in [5.41, 5.74) is 1.52. The van der Waals surface area contributed by atoms with Gasteiger partial charge in [-0.3, -0.25) is 14.9 Å². The molecule has 1 heterocycles. The van der Waals surface area contributed by atoms with Crippen LogP contribution in [0.2, 0.25) is 0 Å². The van der Waals surface area contributed by atoms with E-state index in [4.69, 9.17) is 10.00 Å². The Morgan fingerprint density at radius 1 is 1.10 bits per heavy atom. The molecule has 0 unspecified atom stereocenters. The summed E-state index contributed by atoms with van der Waals surface area (Å²) in [4.78, 5) is 14.2. The number of para-hydroxylation sites is 1. The summed E-state index contributed by atoms with van der Waals surface area (Å²) in [5.74, 6) is 0.113. The van der Waals surface area contributed by atoms with Crippen LogP contribution in [0.1, 0.15) is 12.8 Å². The monoisotopic (exact) mass is 415 g/mol. The normalized spacial score (nSPS) is 16.6. The lowest BCUT2D eigenvalue weighted by Gasteiger charge is -2.38. The Morgan fingerprint density at radius 3 is 2.24 bits per heavy atom. The van der Waals surface area contributed by atoms with Crippen LogP contribution in [0.3, 0.4) is 0 Å². The molecule has 2 aromatic rings. The first-order valence-electron chi connectivity index (χ1n) is 9.04. The van der Waals surface area contributed by atoms with Gasteiger partial charge in [0, 0.05) is 13.1 Å². The van der Waals surface area contributed by atoms with Gasteiger partial charge in [-0.1, -0.05) is 18.2 Å². The molecule has 1 fully saturated rings. The molecule has 1 aliphatic rings. The predicted octanol–water partition coefficient (Wildman–Crippen LogP) is 2.12. The van der Waals surface area contributed by atoms with Crippen molar-refractivity contribution in [1.29, 1.82) is 5.26 Å². The van der Waals surface area contributed by atoms with Gasteiger partial charge in [0.2, 0.25) is 0 Å². The predicted molar refractivity (Wildman–Crippen MR) is 104 cm³/mol. The number of sulfone groups is 1. The van der Waals surface area contributed by atoms with Crippen molar-refractivity contribution in [1.82, 2.24) is 10.4 Å². The maximum Gasteiger partial charge on any atom is 0.265 e. The molecule has 0 radical (unpaired) electrons. The second kappa shape index (κ2) is 8.61. The molecule has 1 saturated heterocycles. The van der Waals surface area contributed by atoms with Crippen molar-refractivity contribution in [2.45, 2.75) is 22.5 Å². The summed E-state index contributed by atoms with van der Waals surface area (Å²) in [5, 5.41) is 18.0. The lowest BCUT2D eigenvalue weighted by Crippen LogP contribution is -2.57. The molecule has 0 bridgehead atoms. The van der Waals surface area contributed by atoms with Crippen LogP contribution in [0.5, 0.6) is 11.5 Å². The number of nitriles is 1. The van der Waals surface area contributed by atoms with E-state index in [0.29, 0.717) is 11.5 Å². The van der Waals surface area contributed by atoms with E-state index in [1.54, 1.807) is 17.0 Å². The summed E-state index contributed by atoms with van der Waals surface area (Å²) in [6, 6.07) is 16.9. The van der Waals surface area contributed by atoms with E-state index in [9.17, 15) is 18.4 Å². The number of carbonyl (C=O) groups is 1. The standard InChI is InChI=1S/C20H21N3O5S/c21-12-15-23-13-10-20(11-14-23,19(24)22-25)29(26,27)18-8-6-17(7-9-18)28-16-4-2-1-3-5-16/h1-9,25H,10-11,13-15H2,(H,22,24). The third-order valence-electron chi connectivity index (χ3n) is 5.10. The van der Waals surface area contributed by atoms with Crippen LogP contribution in [0.15, 0.2) is 59.5 Å². The van der Waals surface area contributed by atoms with Gasteiger partial charge in [-0.15, -0.1) is 0 Å².